The first kappa shape index (κ1) is 17.8. The Morgan fingerprint density at radius 2 is 1.38 bits per heavy atom. The van der Waals surface area contributed by atoms with Gasteiger partial charge in [0.2, 0.25) is 0 Å². The van der Waals surface area contributed by atoms with E-state index in [0.29, 0.717) is 12.1 Å². The fourth-order valence-corrected chi connectivity index (χ4v) is 1.55. The molecule has 0 aliphatic rings. The average molecular weight is 316 g/mol. The summed E-state index contributed by atoms with van der Waals surface area (Å²) in [6.45, 7) is 2.86. The van der Waals surface area contributed by atoms with Crippen LogP contribution in [0.2, 0.25) is 0 Å². The lowest BCUT2D eigenvalue weighted by Crippen LogP contribution is -2.16. The van der Waals surface area contributed by atoms with E-state index in [-0.39, 0.29) is 12.2 Å². The predicted molar refractivity (Wildman–Crippen MR) is 62.5 cm³/mol. The van der Waals surface area contributed by atoms with E-state index in [4.69, 9.17) is 4.74 Å². The molecule has 0 spiro atoms. The van der Waals surface area contributed by atoms with Crippen molar-refractivity contribution in [2.24, 2.45) is 0 Å². The number of halogens is 6. The van der Waals surface area contributed by atoms with E-state index in [0.717, 1.165) is 0 Å². The monoisotopic (exact) mass is 316 g/mol. The Labute approximate surface area is 117 Å². The molecule has 8 heteroatoms. The quantitative estimate of drug-likeness (QED) is 0.844. The highest BCUT2D eigenvalue weighted by Gasteiger charge is 2.37. The number of alkyl halides is 6. The number of aliphatic hydroxyl groups is 1. The summed E-state index contributed by atoms with van der Waals surface area (Å²) in [7, 11) is 0. The Bertz CT molecular complexity index is 446. The number of aliphatic hydroxyl groups excluding tert-OH is 1. The molecule has 1 rings (SSSR count). The lowest BCUT2D eigenvalue weighted by molar-refractivity contribution is -0.143. The van der Waals surface area contributed by atoms with Gasteiger partial charge in [0, 0.05) is 0 Å². The van der Waals surface area contributed by atoms with Crippen LogP contribution < -0.4 is 0 Å². The summed E-state index contributed by atoms with van der Waals surface area (Å²) in [4.78, 5) is 0. The van der Waals surface area contributed by atoms with Gasteiger partial charge in [0.1, 0.15) is 6.10 Å². The maximum absolute atomic E-state index is 12.6. The maximum Gasteiger partial charge on any atom is 0.416 e. The molecule has 120 valence electrons. The van der Waals surface area contributed by atoms with Crippen LogP contribution in [0.5, 0.6) is 0 Å². The van der Waals surface area contributed by atoms with Gasteiger partial charge in [-0.2, -0.15) is 26.3 Å². The third-order valence-electron chi connectivity index (χ3n) is 2.58. The van der Waals surface area contributed by atoms with Gasteiger partial charge in [-0.1, -0.05) is 0 Å². The van der Waals surface area contributed by atoms with Crippen LogP contribution in [0.4, 0.5) is 26.3 Å². The second-order valence-corrected chi connectivity index (χ2v) is 4.74. The maximum atomic E-state index is 12.6. The van der Waals surface area contributed by atoms with Crippen molar-refractivity contribution < 1.29 is 36.2 Å². The van der Waals surface area contributed by atoms with Crippen molar-refractivity contribution >= 4 is 0 Å². The molecule has 0 aliphatic carbocycles. The number of hydrogen-bond acceptors (Lipinski definition) is 2. The first-order valence-corrected chi connectivity index (χ1v) is 6.00. The SMILES string of the molecule is CC(C)OCC(O)c1cc(C(F)(F)F)cc(C(F)(F)F)c1. The van der Waals surface area contributed by atoms with Crippen LogP contribution in [0, 0.1) is 0 Å². The van der Waals surface area contributed by atoms with Gasteiger partial charge >= 0.3 is 12.4 Å². The van der Waals surface area contributed by atoms with Crippen molar-refractivity contribution in [1.29, 1.82) is 0 Å². The highest BCUT2D eigenvalue weighted by atomic mass is 19.4. The highest BCUT2D eigenvalue weighted by molar-refractivity contribution is 5.34. The Balaban J connectivity index is 3.19. The third-order valence-corrected chi connectivity index (χ3v) is 2.58. The van der Waals surface area contributed by atoms with Gasteiger partial charge in [0.05, 0.1) is 23.8 Å². The Morgan fingerprint density at radius 1 is 0.952 bits per heavy atom. The summed E-state index contributed by atoms with van der Waals surface area (Å²) in [5, 5.41) is 9.69. The van der Waals surface area contributed by atoms with Gasteiger partial charge in [0.15, 0.2) is 0 Å². The Kier molecular flexibility index (Phi) is 5.27. The first-order valence-electron chi connectivity index (χ1n) is 6.00. The molecule has 0 aliphatic heterocycles. The van der Waals surface area contributed by atoms with E-state index < -0.39 is 41.8 Å². The second kappa shape index (κ2) is 6.23. The minimum Gasteiger partial charge on any atom is -0.386 e. The number of benzene rings is 1. The van der Waals surface area contributed by atoms with Gasteiger partial charge in [-0.25, -0.2) is 0 Å². The summed E-state index contributed by atoms with van der Waals surface area (Å²) in [6, 6.07) is 0.993. The number of hydrogen-bond donors (Lipinski definition) is 1. The van der Waals surface area contributed by atoms with Crippen LogP contribution >= 0.6 is 0 Å². The molecule has 0 amide bonds. The number of rotatable bonds is 4. The molecule has 1 unspecified atom stereocenters. The van der Waals surface area contributed by atoms with Crippen molar-refractivity contribution in [3.63, 3.8) is 0 Å². The summed E-state index contributed by atoms with van der Waals surface area (Å²) in [6.07, 6.45) is -11.8. The molecule has 0 saturated carbocycles. The molecule has 0 radical (unpaired) electrons. The van der Waals surface area contributed by atoms with Crippen molar-refractivity contribution in [2.45, 2.75) is 38.4 Å². The van der Waals surface area contributed by atoms with E-state index in [1.807, 2.05) is 0 Å². The highest BCUT2D eigenvalue weighted by Crippen LogP contribution is 2.37. The largest absolute Gasteiger partial charge is 0.416 e. The van der Waals surface area contributed by atoms with Crippen LogP contribution in [0.1, 0.15) is 36.6 Å². The standard InChI is InChI=1S/C13H14F6O2/c1-7(2)21-6-11(20)8-3-9(12(14,15)16)5-10(4-8)13(17,18)19/h3-5,7,11,20H,6H2,1-2H3. The second-order valence-electron chi connectivity index (χ2n) is 4.74. The zero-order valence-electron chi connectivity index (χ0n) is 11.2. The molecule has 2 nitrogen and oxygen atoms in total. The van der Waals surface area contributed by atoms with Crippen molar-refractivity contribution in [3.8, 4) is 0 Å². The molecular formula is C13H14F6O2. The van der Waals surface area contributed by atoms with Crippen LogP contribution in [0.3, 0.4) is 0 Å². The molecule has 0 bridgehead atoms. The molecule has 1 aromatic rings. The van der Waals surface area contributed by atoms with E-state index in [2.05, 4.69) is 0 Å². The molecule has 1 atom stereocenters. The number of ether oxygens (including phenoxy) is 1. The Morgan fingerprint density at radius 3 is 1.71 bits per heavy atom. The molecule has 0 saturated heterocycles. The van der Waals surface area contributed by atoms with Gasteiger partial charge in [-0.15, -0.1) is 0 Å². The van der Waals surface area contributed by atoms with E-state index in [1.165, 1.54) is 0 Å². The van der Waals surface area contributed by atoms with Gasteiger partial charge in [0.25, 0.3) is 0 Å². The van der Waals surface area contributed by atoms with E-state index in [1.54, 1.807) is 13.8 Å². The molecule has 0 heterocycles. The molecule has 1 N–H and O–H groups in total. The minimum atomic E-state index is -4.94. The zero-order chi connectivity index (χ0) is 16.4. The van der Waals surface area contributed by atoms with E-state index >= 15 is 0 Å². The summed E-state index contributed by atoms with van der Waals surface area (Å²) < 4.78 is 80.8. The Hall–Kier alpha value is -1.28. The van der Waals surface area contributed by atoms with Gasteiger partial charge in [-0.3, -0.25) is 0 Å². The summed E-state index contributed by atoms with van der Waals surface area (Å²) in [5.41, 5.74) is -3.41. The lowest BCUT2D eigenvalue weighted by atomic mass is 10.0. The normalized spacial score (nSPS) is 14.6. The van der Waals surface area contributed by atoms with Gasteiger partial charge in [-0.05, 0) is 37.6 Å². The minimum absolute atomic E-state index is 0.0134. The predicted octanol–water partition coefficient (Wildman–Crippen LogP) is 4.18. The topological polar surface area (TPSA) is 29.5 Å². The van der Waals surface area contributed by atoms with Crippen molar-refractivity contribution in [2.75, 3.05) is 6.61 Å². The van der Waals surface area contributed by atoms with Crippen LogP contribution in [0.15, 0.2) is 18.2 Å². The lowest BCUT2D eigenvalue weighted by Gasteiger charge is -2.18. The van der Waals surface area contributed by atoms with Gasteiger partial charge < -0.3 is 9.84 Å². The first-order chi connectivity index (χ1) is 9.41. The molecule has 1 aromatic carbocycles. The average Bonchev–Trinajstić information content (AvgIpc) is 2.33. The molecule has 0 aromatic heterocycles. The summed E-state index contributed by atoms with van der Waals surface area (Å²) >= 11 is 0. The van der Waals surface area contributed by atoms with Crippen LogP contribution in [-0.4, -0.2) is 17.8 Å². The zero-order valence-corrected chi connectivity index (χ0v) is 11.2. The van der Waals surface area contributed by atoms with E-state index in [9.17, 15) is 31.4 Å². The fourth-order valence-electron chi connectivity index (χ4n) is 1.55. The molecule has 0 fully saturated rings. The van der Waals surface area contributed by atoms with Crippen molar-refractivity contribution in [1.82, 2.24) is 0 Å². The fraction of sp³-hybridized carbons (Fsp3) is 0.538. The van der Waals surface area contributed by atoms with Crippen molar-refractivity contribution in [3.05, 3.63) is 34.9 Å². The summed E-state index contributed by atoms with van der Waals surface area (Å²) in [5.74, 6) is 0. The molecular weight excluding hydrogens is 302 g/mol. The van der Waals surface area contributed by atoms with Crippen LogP contribution in [0.25, 0.3) is 0 Å². The third kappa shape index (κ3) is 5.20. The molecule has 21 heavy (non-hydrogen) atoms. The van der Waals surface area contributed by atoms with Crippen LogP contribution in [-0.2, 0) is 17.1 Å². The smallest absolute Gasteiger partial charge is 0.386 e.